The third kappa shape index (κ3) is 9.33. The first-order valence-electron chi connectivity index (χ1n) is 10.4. The Balaban J connectivity index is 0.00000363. The number of rotatable bonds is 8. The molecule has 5 nitrogen and oxygen atoms in total. The van der Waals surface area contributed by atoms with Crippen LogP contribution in [0.1, 0.15) is 23.1 Å². The molecule has 1 saturated heterocycles. The molecule has 0 aromatic heterocycles. The molecule has 1 aliphatic heterocycles. The van der Waals surface area contributed by atoms with Crippen LogP contribution in [-0.4, -0.2) is 49.8 Å². The molecule has 1 unspecified atom stereocenters. The monoisotopic (exact) mass is 562 g/mol. The molecule has 1 aliphatic rings. The summed E-state index contributed by atoms with van der Waals surface area (Å²) in [4.78, 5) is 5.62. The lowest BCUT2D eigenvalue weighted by Crippen LogP contribution is -2.44. The number of likely N-dealkylation sites (tertiary alicyclic amines) is 1. The van der Waals surface area contributed by atoms with Crippen molar-refractivity contribution in [3.05, 3.63) is 71.3 Å². The zero-order chi connectivity index (χ0) is 22.1. The number of aliphatic imine (C=N–C) groups is 1. The summed E-state index contributed by atoms with van der Waals surface area (Å²) >= 11 is 0. The highest BCUT2D eigenvalue weighted by molar-refractivity contribution is 14.0. The van der Waals surface area contributed by atoms with Gasteiger partial charge in [0, 0.05) is 32.7 Å². The Kier molecular flexibility index (Phi) is 10.7. The van der Waals surface area contributed by atoms with E-state index in [1.165, 1.54) is 4.90 Å². The Morgan fingerprint density at radius 2 is 1.75 bits per heavy atom. The second-order valence-corrected chi connectivity index (χ2v) is 7.70. The van der Waals surface area contributed by atoms with Gasteiger partial charge in [-0.3, -0.25) is 9.89 Å². The first-order valence-corrected chi connectivity index (χ1v) is 10.4. The molecule has 9 heteroatoms. The van der Waals surface area contributed by atoms with Gasteiger partial charge in [-0.05, 0) is 23.1 Å². The lowest BCUT2D eigenvalue weighted by molar-refractivity contribution is -0.143. The van der Waals surface area contributed by atoms with E-state index in [2.05, 4.69) is 21.7 Å². The number of guanidine groups is 1. The SMILES string of the molecule is CN=C(NCc1cccc(COCc2ccccc2)c1)NC1CCN(CC(F)(F)F)C1.I. The maximum absolute atomic E-state index is 12.6. The molecular formula is C23H30F3IN4O. The zero-order valence-corrected chi connectivity index (χ0v) is 20.4. The summed E-state index contributed by atoms with van der Waals surface area (Å²) in [6, 6.07) is 18.1. The van der Waals surface area contributed by atoms with Crippen LogP contribution in [0.15, 0.2) is 59.6 Å². The van der Waals surface area contributed by atoms with Crippen molar-refractivity contribution < 1.29 is 17.9 Å². The molecule has 0 amide bonds. The van der Waals surface area contributed by atoms with E-state index in [-0.39, 0.29) is 30.0 Å². The van der Waals surface area contributed by atoms with Crippen LogP contribution >= 0.6 is 24.0 Å². The normalized spacial score (nSPS) is 17.1. The van der Waals surface area contributed by atoms with Gasteiger partial charge < -0.3 is 15.4 Å². The Hall–Kier alpha value is -1.85. The van der Waals surface area contributed by atoms with Crippen molar-refractivity contribution in [2.75, 3.05) is 26.7 Å². The Bertz CT molecular complexity index is 849. The van der Waals surface area contributed by atoms with Gasteiger partial charge in [-0.1, -0.05) is 54.6 Å². The van der Waals surface area contributed by atoms with Gasteiger partial charge in [0.1, 0.15) is 0 Å². The molecule has 1 fully saturated rings. The van der Waals surface area contributed by atoms with E-state index < -0.39 is 12.7 Å². The number of alkyl halides is 3. The summed E-state index contributed by atoms with van der Waals surface area (Å²) in [6.45, 7) is 1.56. The van der Waals surface area contributed by atoms with Crippen molar-refractivity contribution in [1.29, 1.82) is 0 Å². The number of nitrogens with zero attached hydrogens (tertiary/aromatic N) is 2. The minimum absolute atomic E-state index is 0. The molecule has 0 bridgehead atoms. The average Bonchev–Trinajstić information content (AvgIpc) is 3.17. The van der Waals surface area contributed by atoms with Gasteiger partial charge in [0.05, 0.1) is 19.8 Å². The highest BCUT2D eigenvalue weighted by Gasteiger charge is 2.34. The number of hydrogen-bond acceptors (Lipinski definition) is 3. The summed E-state index contributed by atoms with van der Waals surface area (Å²) in [5.74, 6) is 0.588. The van der Waals surface area contributed by atoms with Crippen LogP contribution in [0.5, 0.6) is 0 Å². The van der Waals surface area contributed by atoms with Crippen molar-refractivity contribution in [1.82, 2.24) is 15.5 Å². The topological polar surface area (TPSA) is 48.9 Å². The van der Waals surface area contributed by atoms with Gasteiger partial charge >= 0.3 is 6.18 Å². The summed E-state index contributed by atoms with van der Waals surface area (Å²) in [5.41, 5.74) is 3.29. The van der Waals surface area contributed by atoms with Crippen molar-refractivity contribution >= 4 is 29.9 Å². The van der Waals surface area contributed by atoms with Gasteiger partial charge in [-0.25, -0.2) is 0 Å². The molecule has 0 radical (unpaired) electrons. The van der Waals surface area contributed by atoms with E-state index in [9.17, 15) is 13.2 Å². The van der Waals surface area contributed by atoms with Gasteiger partial charge in [0.25, 0.3) is 0 Å². The largest absolute Gasteiger partial charge is 0.401 e. The highest BCUT2D eigenvalue weighted by atomic mass is 127. The van der Waals surface area contributed by atoms with Crippen molar-refractivity contribution in [2.45, 2.75) is 38.4 Å². The van der Waals surface area contributed by atoms with Gasteiger partial charge in [-0.2, -0.15) is 13.2 Å². The van der Waals surface area contributed by atoms with Crippen LogP contribution in [0.25, 0.3) is 0 Å². The fourth-order valence-corrected chi connectivity index (χ4v) is 3.61. The smallest absolute Gasteiger partial charge is 0.372 e. The quantitative estimate of drug-likeness (QED) is 0.286. The lowest BCUT2D eigenvalue weighted by Gasteiger charge is -2.20. The van der Waals surface area contributed by atoms with Crippen LogP contribution in [0, 0.1) is 0 Å². The molecule has 2 N–H and O–H groups in total. The van der Waals surface area contributed by atoms with E-state index in [1.807, 2.05) is 48.5 Å². The Morgan fingerprint density at radius 1 is 1.06 bits per heavy atom. The fraction of sp³-hybridized carbons (Fsp3) is 0.435. The first kappa shape index (κ1) is 26.4. The predicted molar refractivity (Wildman–Crippen MR) is 131 cm³/mol. The van der Waals surface area contributed by atoms with Crippen LogP contribution in [0.3, 0.4) is 0 Å². The molecule has 2 aromatic rings. The van der Waals surface area contributed by atoms with Crippen LogP contribution in [0.4, 0.5) is 13.2 Å². The van der Waals surface area contributed by atoms with Gasteiger partial charge in [0.2, 0.25) is 0 Å². The van der Waals surface area contributed by atoms with E-state index in [0.29, 0.717) is 45.2 Å². The van der Waals surface area contributed by atoms with E-state index in [1.54, 1.807) is 7.05 Å². The van der Waals surface area contributed by atoms with Gasteiger partial charge in [-0.15, -0.1) is 24.0 Å². The number of benzene rings is 2. The second kappa shape index (κ2) is 13.0. The Labute approximate surface area is 204 Å². The lowest BCUT2D eigenvalue weighted by atomic mass is 10.1. The van der Waals surface area contributed by atoms with Gasteiger partial charge in [0.15, 0.2) is 5.96 Å². The number of nitrogens with one attached hydrogen (secondary N) is 2. The predicted octanol–water partition coefficient (Wildman–Crippen LogP) is 4.32. The van der Waals surface area contributed by atoms with Crippen molar-refractivity contribution in [2.24, 2.45) is 4.99 Å². The third-order valence-electron chi connectivity index (χ3n) is 5.07. The molecule has 176 valence electrons. The molecule has 0 aliphatic carbocycles. The second-order valence-electron chi connectivity index (χ2n) is 7.70. The minimum atomic E-state index is -4.16. The summed E-state index contributed by atoms with van der Waals surface area (Å²) in [5, 5.41) is 6.47. The maximum Gasteiger partial charge on any atom is 0.401 e. The number of halogens is 4. The first-order chi connectivity index (χ1) is 14.9. The number of hydrogen-bond donors (Lipinski definition) is 2. The minimum Gasteiger partial charge on any atom is -0.372 e. The van der Waals surface area contributed by atoms with Crippen LogP contribution < -0.4 is 10.6 Å². The van der Waals surface area contributed by atoms with Crippen molar-refractivity contribution in [3.8, 4) is 0 Å². The summed E-state index contributed by atoms with van der Waals surface area (Å²) in [6.07, 6.45) is -3.50. The maximum atomic E-state index is 12.6. The molecule has 32 heavy (non-hydrogen) atoms. The van der Waals surface area contributed by atoms with Crippen molar-refractivity contribution in [3.63, 3.8) is 0 Å². The fourth-order valence-electron chi connectivity index (χ4n) is 3.61. The molecule has 3 rings (SSSR count). The van der Waals surface area contributed by atoms with E-state index >= 15 is 0 Å². The molecule has 1 atom stereocenters. The molecule has 1 heterocycles. The standard InChI is InChI=1S/C23H29F3N4O.HI/c1-27-22(29-21-10-11-30(14-21)17-23(24,25)26)28-13-19-8-5-9-20(12-19)16-31-15-18-6-3-2-4-7-18;/h2-9,12,21H,10-11,13-17H2,1H3,(H2,27,28,29);1H. The molecular weight excluding hydrogens is 532 g/mol. The summed E-state index contributed by atoms with van der Waals surface area (Å²) in [7, 11) is 1.66. The summed E-state index contributed by atoms with van der Waals surface area (Å²) < 4.78 is 43.5. The Morgan fingerprint density at radius 3 is 2.47 bits per heavy atom. The third-order valence-corrected chi connectivity index (χ3v) is 5.07. The average molecular weight is 562 g/mol. The van der Waals surface area contributed by atoms with Crippen LogP contribution in [-0.2, 0) is 24.5 Å². The highest BCUT2D eigenvalue weighted by Crippen LogP contribution is 2.20. The zero-order valence-electron chi connectivity index (χ0n) is 18.1. The van der Waals surface area contributed by atoms with E-state index in [4.69, 9.17) is 4.74 Å². The molecule has 0 spiro atoms. The van der Waals surface area contributed by atoms with E-state index in [0.717, 1.165) is 16.7 Å². The number of ether oxygens (including phenoxy) is 1. The van der Waals surface area contributed by atoms with Crippen LogP contribution in [0.2, 0.25) is 0 Å². The molecule has 0 saturated carbocycles. The molecule has 2 aromatic carbocycles.